The summed E-state index contributed by atoms with van der Waals surface area (Å²) in [6.45, 7) is 1.41. The fourth-order valence-electron chi connectivity index (χ4n) is 1.05. The van der Waals surface area contributed by atoms with Crippen LogP contribution in [-0.4, -0.2) is 28.4 Å². The summed E-state index contributed by atoms with van der Waals surface area (Å²) in [7, 11) is 0. The SMILES string of the molecule is CC(=O)C=C(N)COc1ccc(C(=O)O)cn1. The zero-order valence-electron chi connectivity index (χ0n) is 9.21. The van der Waals surface area contributed by atoms with E-state index < -0.39 is 5.97 Å². The predicted molar refractivity (Wildman–Crippen MR) is 59.6 cm³/mol. The molecule has 0 atom stereocenters. The van der Waals surface area contributed by atoms with E-state index in [1.165, 1.54) is 31.3 Å². The number of pyridine rings is 1. The fourth-order valence-corrected chi connectivity index (χ4v) is 1.05. The van der Waals surface area contributed by atoms with Gasteiger partial charge in [0.25, 0.3) is 0 Å². The molecular formula is C11H12N2O4. The van der Waals surface area contributed by atoms with Gasteiger partial charge in [0.15, 0.2) is 5.78 Å². The van der Waals surface area contributed by atoms with Crippen molar-refractivity contribution >= 4 is 11.8 Å². The number of aromatic nitrogens is 1. The molecule has 1 heterocycles. The minimum atomic E-state index is -1.06. The number of nitrogens with zero attached hydrogens (tertiary/aromatic N) is 1. The van der Waals surface area contributed by atoms with Crippen molar-refractivity contribution in [1.29, 1.82) is 0 Å². The van der Waals surface area contributed by atoms with Gasteiger partial charge in [0, 0.05) is 24.0 Å². The fraction of sp³-hybridized carbons (Fsp3) is 0.182. The Labute approximate surface area is 97.7 Å². The lowest BCUT2D eigenvalue weighted by Gasteiger charge is -2.04. The lowest BCUT2D eigenvalue weighted by atomic mass is 10.3. The molecule has 0 saturated carbocycles. The van der Waals surface area contributed by atoms with E-state index in [2.05, 4.69) is 4.98 Å². The van der Waals surface area contributed by atoms with Crippen LogP contribution in [-0.2, 0) is 4.79 Å². The van der Waals surface area contributed by atoms with Gasteiger partial charge in [-0.25, -0.2) is 9.78 Å². The molecule has 0 aliphatic carbocycles. The summed E-state index contributed by atoms with van der Waals surface area (Å²) in [5.41, 5.74) is 5.85. The van der Waals surface area contributed by atoms with Crippen molar-refractivity contribution in [3.63, 3.8) is 0 Å². The molecule has 0 radical (unpaired) electrons. The van der Waals surface area contributed by atoms with Crippen LogP contribution < -0.4 is 10.5 Å². The Morgan fingerprint density at radius 1 is 1.53 bits per heavy atom. The van der Waals surface area contributed by atoms with Gasteiger partial charge in [0.1, 0.15) is 6.61 Å². The number of rotatable bonds is 5. The standard InChI is InChI=1S/C11H12N2O4/c1-7(14)4-9(12)6-17-10-3-2-8(5-13-10)11(15)16/h2-5H,6,12H2,1H3,(H,15,16). The molecule has 0 saturated heterocycles. The second-order valence-electron chi connectivity index (χ2n) is 3.31. The van der Waals surface area contributed by atoms with Crippen molar-refractivity contribution in [2.45, 2.75) is 6.92 Å². The third-order valence-electron chi connectivity index (χ3n) is 1.76. The van der Waals surface area contributed by atoms with Crippen molar-refractivity contribution in [2.24, 2.45) is 5.73 Å². The predicted octanol–water partition coefficient (Wildman–Crippen LogP) is 0.590. The van der Waals surface area contributed by atoms with Crippen LogP contribution in [0.2, 0.25) is 0 Å². The van der Waals surface area contributed by atoms with E-state index in [4.69, 9.17) is 15.6 Å². The summed E-state index contributed by atoms with van der Waals surface area (Å²) >= 11 is 0. The van der Waals surface area contributed by atoms with Crippen LogP contribution in [0.15, 0.2) is 30.1 Å². The number of nitrogens with two attached hydrogens (primary N) is 1. The number of hydrogen-bond donors (Lipinski definition) is 2. The minimum absolute atomic E-state index is 0.0268. The molecule has 3 N–H and O–H groups in total. The summed E-state index contributed by atoms with van der Waals surface area (Å²) in [5, 5.41) is 8.65. The average Bonchev–Trinajstić information content (AvgIpc) is 2.26. The molecule has 6 heteroatoms. The quantitative estimate of drug-likeness (QED) is 0.725. The van der Waals surface area contributed by atoms with E-state index in [0.717, 1.165) is 0 Å². The summed E-state index contributed by atoms with van der Waals surface area (Å²) in [5.74, 6) is -0.977. The highest BCUT2D eigenvalue weighted by molar-refractivity contribution is 5.88. The molecule has 0 bridgehead atoms. The lowest BCUT2D eigenvalue weighted by Crippen LogP contribution is -2.11. The van der Waals surface area contributed by atoms with Crippen molar-refractivity contribution in [1.82, 2.24) is 4.98 Å². The Morgan fingerprint density at radius 2 is 2.24 bits per heavy atom. The van der Waals surface area contributed by atoms with Crippen LogP contribution in [0.25, 0.3) is 0 Å². The molecular weight excluding hydrogens is 224 g/mol. The number of ether oxygens (including phenoxy) is 1. The largest absolute Gasteiger partial charge is 0.478 e. The van der Waals surface area contributed by atoms with Gasteiger partial charge in [0.05, 0.1) is 5.56 Å². The number of ketones is 1. The van der Waals surface area contributed by atoms with Gasteiger partial charge >= 0.3 is 5.97 Å². The molecule has 17 heavy (non-hydrogen) atoms. The molecule has 0 aromatic carbocycles. The van der Waals surface area contributed by atoms with Gasteiger partial charge < -0.3 is 15.6 Å². The van der Waals surface area contributed by atoms with E-state index in [-0.39, 0.29) is 29.5 Å². The molecule has 0 aliphatic heterocycles. The number of carbonyl (C=O) groups is 2. The third-order valence-corrected chi connectivity index (χ3v) is 1.76. The first-order chi connectivity index (χ1) is 7.99. The highest BCUT2D eigenvalue weighted by Gasteiger charge is 2.03. The van der Waals surface area contributed by atoms with E-state index >= 15 is 0 Å². The Hall–Kier alpha value is -2.37. The molecule has 1 aromatic heterocycles. The van der Waals surface area contributed by atoms with Gasteiger partial charge in [-0.05, 0) is 13.0 Å². The molecule has 1 rings (SSSR count). The molecule has 0 unspecified atom stereocenters. The first kappa shape index (κ1) is 12.7. The van der Waals surface area contributed by atoms with Gasteiger partial charge in [-0.2, -0.15) is 0 Å². The second-order valence-corrected chi connectivity index (χ2v) is 3.31. The maximum atomic E-state index is 10.7. The Balaban J connectivity index is 2.58. The lowest BCUT2D eigenvalue weighted by molar-refractivity contribution is -0.112. The Morgan fingerprint density at radius 3 is 2.71 bits per heavy atom. The highest BCUT2D eigenvalue weighted by atomic mass is 16.5. The number of carboxylic acids is 1. The molecule has 6 nitrogen and oxygen atoms in total. The van der Waals surface area contributed by atoms with Crippen molar-refractivity contribution in [3.05, 3.63) is 35.7 Å². The van der Waals surface area contributed by atoms with Gasteiger partial charge in [-0.15, -0.1) is 0 Å². The van der Waals surface area contributed by atoms with Crippen LogP contribution in [0.3, 0.4) is 0 Å². The summed E-state index contributed by atoms with van der Waals surface area (Å²) in [6.07, 6.45) is 2.44. The molecule has 0 fully saturated rings. The first-order valence-corrected chi connectivity index (χ1v) is 4.78. The van der Waals surface area contributed by atoms with Crippen LogP contribution >= 0.6 is 0 Å². The molecule has 90 valence electrons. The van der Waals surface area contributed by atoms with E-state index in [0.29, 0.717) is 0 Å². The van der Waals surface area contributed by atoms with Gasteiger partial charge in [-0.3, -0.25) is 4.79 Å². The average molecular weight is 236 g/mol. The number of carbonyl (C=O) groups excluding carboxylic acids is 1. The third kappa shape index (κ3) is 4.33. The van der Waals surface area contributed by atoms with Crippen molar-refractivity contribution in [3.8, 4) is 5.88 Å². The molecule has 0 aliphatic rings. The van der Waals surface area contributed by atoms with Crippen molar-refractivity contribution in [2.75, 3.05) is 6.61 Å². The Bertz CT molecular complexity index is 451. The highest BCUT2D eigenvalue weighted by Crippen LogP contribution is 2.08. The second kappa shape index (κ2) is 5.64. The van der Waals surface area contributed by atoms with E-state index in [9.17, 15) is 9.59 Å². The Kier molecular flexibility index (Phi) is 4.21. The smallest absolute Gasteiger partial charge is 0.337 e. The van der Waals surface area contributed by atoms with Crippen molar-refractivity contribution < 1.29 is 19.4 Å². The van der Waals surface area contributed by atoms with E-state index in [1.54, 1.807) is 0 Å². The summed E-state index contributed by atoms with van der Waals surface area (Å²) in [4.78, 5) is 25.0. The number of aromatic carboxylic acids is 1. The summed E-state index contributed by atoms with van der Waals surface area (Å²) < 4.78 is 5.15. The zero-order chi connectivity index (χ0) is 12.8. The molecule has 0 spiro atoms. The minimum Gasteiger partial charge on any atom is -0.478 e. The number of carboxylic acid groups (broad SMARTS) is 1. The van der Waals surface area contributed by atoms with Crippen LogP contribution in [0.4, 0.5) is 0 Å². The first-order valence-electron chi connectivity index (χ1n) is 4.78. The molecule has 1 aromatic rings. The molecule has 0 amide bonds. The van der Waals surface area contributed by atoms with Gasteiger partial charge in [0.2, 0.25) is 5.88 Å². The zero-order valence-corrected chi connectivity index (χ0v) is 9.21. The van der Waals surface area contributed by atoms with Gasteiger partial charge in [-0.1, -0.05) is 0 Å². The van der Waals surface area contributed by atoms with Crippen LogP contribution in [0.5, 0.6) is 5.88 Å². The maximum absolute atomic E-state index is 10.7. The number of allylic oxidation sites excluding steroid dienone is 1. The van der Waals surface area contributed by atoms with Crippen LogP contribution in [0.1, 0.15) is 17.3 Å². The number of hydrogen-bond acceptors (Lipinski definition) is 5. The topological polar surface area (TPSA) is 103 Å². The van der Waals surface area contributed by atoms with E-state index in [1.807, 2.05) is 0 Å². The maximum Gasteiger partial charge on any atom is 0.337 e. The monoisotopic (exact) mass is 236 g/mol. The summed E-state index contributed by atoms with van der Waals surface area (Å²) in [6, 6.07) is 2.79. The van der Waals surface area contributed by atoms with Crippen LogP contribution in [0, 0.1) is 0 Å². The normalized spacial score (nSPS) is 11.0.